The summed E-state index contributed by atoms with van der Waals surface area (Å²) in [7, 11) is 1.48. The summed E-state index contributed by atoms with van der Waals surface area (Å²) >= 11 is 6.87. The molecule has 3 atom stereocenters. The molecule has 0 bridgehead atoms. The lowest BCUT2D eigenvalue weighted by atomic mass is 9.72. The highest BCUT2D eigenvalue weighted by Crippen LogP contribution is 2.53. The molecule has 6 heterocycles. The molecule has 1 aromatic carbocycles. The van der Waals surface area contributed by atoms with Crippen molar-refractivity contribution >= 4 is 39.2 Å². The van der Waals surface area contributed by atoms with E-state index < -0.39 is 17.2 Å². The fourth-order valence-electron chi connectivity index (χ4n) is 9.54. The number of halogens is 2. The van der Waals surface area contributed by atoms with Crippen molar-refractivity contribution in [3.63, 3.8) is 0 Å². The number of ether oxygens (including phenoxy) is 5. The number of nitrogens with zero attached hydrogens (tertiary/aromatic N) is 6. The average molecular weight is 738 g/mol. The van der Waals surface area contributed by atoms with Gasteiger partial charge in [-0.2, -0.15) is 15.1 Å². The van der Waals surface area contributed by atoms with Crippen LogP contribution in [0.3, 0.4) is 0 Å². The molecule has 5 fully saturated rings. The van der Waals surface area contributed by atoms with Gasteiger partial charge in [-0.3, -0.25) is 10.00 Å². The number of nitrogens with one attached hydrogen (secondary N) is 1. The topological polar surface area (TPSA) is 140 Å². The van der Waals surface area contributed by atoms with E-state index in [9.17, 15) is 5.11 Å². The van der Waals surface area contributed by atoms with Crippen LogP contribution in [0.15, 0.2) is 12.3 Å². The smallest absolute Gasteiger partial charge is 0.319 e. The van der Waals surface area contributed by atoms with E-state index in [4.69, 9.17) is 50.2 Å². The summed E-state index contributed by atoms with van der Waals surface area (Å²) in [5, 5.41) is 19.6. The first-order chi connectivity index (χ1) is 25.1. The Morgan fingerprint density at radius 2 is 1.92 bits per heavy atom. The minimum absolute atomic E-state index is 0.0112. The van der Waals surface area contributed by atoms with E-state index >= 15 is 4.39 Å². The SMILES string of the molecule is COc1nc(-c2c(Cl)c(C)cc3[nH]ncc23)c(F)c2nc(OC[C@]34CCC[C@H]3N(C3CC5(C3)OCCO5)CCC4)nc(N3CCOC[C@@](C)(O)C3)c12. The highest BCUT2D eigenvalue weighted by atomic mass is 35.5. The number of methoxy groups -OCH3 is 1. The van der Waals surface area contributed by atoms with Crippen molar-refractivity contribution in [1.82, 2.24) is 30.0 Å². The first-order valence-electron chi connectivity index (χ1n) is 18.4. The maximum absolute atomic E-state index is 17.2. The standard InChI is InChI=1S/C37H45ClFN7O6/c1-21-14-24-23(17-40-44-24)26(28(21)38)30-29(39)31-27(33(41-30)48-3)32(45-10-11-49-19-35(2,47)18-45)43-34(42-31)50-20-36-7-4-6-25(36)46(9-5-8-36)22-15-37(16-22)51-12-13-52-37/h14,17,22,25,47H,4-13,15-16,18-20H2,1-3H3,(H,40,44)/t25-,35+,36-/m1/s1. The van der Waals surface area contributed by atoms with Crippen LogP contribution in [0.2, 0.25) is 5.02 Å². The summed E-state index contributed by atoms with van der Waals surface area (Å²) in [6.07, 6.45) is 8.75. The maximum Gasteiger partial charge on any atom is 0.319 e. The van der Waals surface area contributed by atoms with Crippen LogP contribution in [0.1, 0.15) is 57.4 Å². The van der Waals surface area contributed by atoms with Gasteiger partial charge in [-0.15, -0.1) is 0 Å². The third-order valence-electron chi connectivity index (χ3n) is 12.0. The zero-order valence-electron chi connectivity index (χ0n) is 29.8. The molecule has 278 valence electrons. The van der Waals surface area contributed by atoms with Gasteiger partial charge in [0.1, 0.15) is 28.0 Å². The highest BCUT2D eigenvalue weighted by molar-refractivity contribution is 6.35. The van der Waals surface area contributed by atoms with E-state index in [0.29, 0.717) is 72.4 Å². The first kappa shape index (κ1) is 34.4. The van der Waals surface area contributed by atoms with Crippen molar-refractivity contribution in [2.24, 2.45) is 5.41 Å². The molecule has 0 amide bonds. The Balaban J connectivity index is 1.12. The predicted octanol–water partition coefficient (Wildman–Crippen LogP) is 5.18. The zero-order valence-corrected chi connectivity index (χ0v) is 30.6. The van der Waals surface area contributed by atoms with E-state index in [1.807, 2.05) is 17.9 Å². The van der Waals surface area contributed by atoms with Gasteiger partial charge in [0.25, 0.3) is 0 Å². The lowest BCUT2D eigenvalue weighted by Gasteiger charge is -2.55. The molecule has 2 saturated carbocycles. The minimum atomic E-state index is -1.19. The van der Waals surface area contributed by atoms with Crippen molar-refractivity contribution in [2.75, 3.05) is 64.7 Å². The number of aromatic amines is 1. The number of β-amino-alcohol motifs (C(OH)–C–C–N with tert-alkyl or cyclic N) is 1. The second-order valence-corrected chi connectivity index (χ2v) is 16.0. The molecule has 4 aromatic rings. The monoisotopic (exact) mass is 737 g/mol. The van der Waals surface area contributed by atoms with Crippen LogP contribution >= 0.6 is 11.6 Å². The number of piperidine rings is 1. The Kier molecular flexibility index (Phi) is 8.51. The highest BCUT2D eigenvalue weighted by Gasteiger charge is 2.57. The zero-order chi connectivity index (χ0) is 35.8. The molecule has 9 rings (SSSR count). The normalized spacial score (nSPS) is 28.0. The fourth-order valence-corrected chi connectivity index (χ4v) is 9.78. The number of anilines is 1. The second kappa shape index (κ2) is 12.9. The lowest BCUT2D eigenvalue weighted by Crippen LogP contribution is -2.63. The van der Waals surface area contributed by atoms with Crippen molar-refractivity contribution in [1.29, 1.82) is 0 Å². The number of pyridine rings is 1. The molecule has 13 nitrogen and oxygen atoms in total. The van der Waals surface area contributed by atoms with Crippen molar-refractivity contribution in [3.8, 4) is 23.1 Å². The quantitative estimate of drug-likeness (QED) is 0.258. The number of benzene rings is 1. The summed E-state index contributed by atoms with van der Waals surface area (Å²) in [6.45, 7) is 7.41. The van der Waals surface area contributed by atoms with Crippen molar-refractivity contribution in [3.05, 3.63) is 28.7 Å². The van der Waals surface area contributed by atoms with Crippen LogP contribution in [0.4, 0.5) is 10.2 Å². The number of aliphatic hydroxyl groups is 1. The number of rotatable bonds is 7. The molecular formula is C37H45ClFN7O6. The third-order valence-corrected chi connectivity index (χ3v) is 12.5. The predicted molar refractivity (Wildman–Crippen MR) is 191 cm³/mol. The van der Waals surface area contributed by atoms with E-state index in [-0.39, 0.29) is 47.1 Å². The maximum atomic E-state index is 17.2. The van der Waals surface area contributed by atoms with Gasteiger partial charge in [-0.25, -0.2) is 9.37 Å². The van der Waals surface area contributed by atoms with Crippen LogP contribution < -0.4 is 14.4 Å². The molecule has 0 radical (unpaired) electrons. The molecule has 3 aliphatic heterocycles. The number of H-pyrrole nitrogens is 1. The molecular weight excluding hydrogens is 693 g/mol. The molecule has 1 spiro atoms. The van der Waals surface area contributed by atoms with Gasteiger partial charge < -0.3 is 33.7 Å². The molecule has 3 saturated heterocycles. The summed E-state index contributed by atoms with van der Waals surface area (Å²) < 4.78 is 47.4. The van der Waals surface area contributed by atoms with Crippen LogP contribution in [-0.4, -0.2) is 118 Å². The first-order valence-corrected chi connectivity index (χ1v) is 18.8. The Morgan fingerprint density at radius 1 is 1.12 bits per heavy atom. The number of hydrogen-bond acceptors (Lipinski definition) is 12. The molecule has 2 aliphatic carbocycles. The number of fused-ring (bicyclic) bond motifs is 3. The summed E-state index contributed by atoms with van der Waals surface area (Å²) in [6, 6.07) is 2.70. The number of aromatic nitrogens is 5. The van der Waals surface area contributed by atoms with Gasteiger partial charge in [0, 0.05) is 47.8 Å². The van der Waals surface area contributed by atoms with Crippen LogP contribution in [-0.2, 0) is 14.2 Å². The van der Waals surface area contributed by atoms with Crippen LogP contribution in [0.5, 0.6) is 11.9 Å². The average Bonchev–Trinajstić information content (AvgIpc) is 3.87. The van der Waals surface area contributed by atoms with Crippen LogP contribution in [0, 0.1) is 18.2 Å². The van der Waals surface area contributed by atoms with Gasteiger partial charge >= 0.3 is 6.01 Å². The summed E-state index contributed by atoms with van der Waals surface area (Å²) in [5.41, 5.74) is 0.520. The summed E-state index contributed by atoms with van der Waals surface area (Å²) in [4.78, 5) is 19.0. The van der Waals surface area contributed by atoms with Gasteiger partial charge in [0.15, 0.2) is 11.6 Å². The molecule has 3 aromatic heterocycles. The molecule has 2 N–H and O–H groups in total. The largest absolute Gasteiger partial charge is 0.480 e. The molecule has 15 heteroatoms. The second-order valence-electron chi connectivity index (χ2n) is 15.6. The van der Waals surface area contributed by atoms with Crippen molar-refractivity contribution < 1.29 is 33.2 Å². The minimum Gasteiger partial charge on any atom is -0.480 e. The van der Waals surface area contributed by atoms with E-state index in [1.54, 1.807) is 13.1 Å². The van der Waals surface area contributed by atoms with Gasteiger partial charge in [0.05, 0.1) is 63.4 Å². The van der Waals surface area contributed by atoms with Crippen LogP contribution in [0.25, 0.3) is 33.1 Å². The molecule has 5 aliphatic rings. The Hall–Kier alpha value is -3.40. The fraction of sp³-hybridized carbons (Fsp3) is 0.622. The third kappa shape index (κ3) is 5.68. The Morgan fingerprint density at radius 3 is 2.73 bits per heavy atom. The Bertz CT molecular complexity index is 2020. The number of likely N-dealkylation sites (tertiary alicyclic amines) is 1. The van der Waals surface area contributed by atoms with Gasteiger partial charge in [0.2, 0.25) is 5.88 Å². The number of hydrogen-bond donors (Lipinski definition) is 2. The van der Waals surface area contributed by atoms with E-state index in [2.05, 4.69) is 15.1 Å². The van der Waals surface area contributed by atoms with Gasteiger partial charge in [-0.1, -0.05) is 18.0 Å². The lowest BCUT2D eigenvalue weighted by molar-refractivity contribution is -0.242. The summed E-state index contributed by atoms with van der Waals surface area (Å²) in [5.74, 6) is -0.610. The van der Waals surface area contributed by atoms with E-state index in [1.165, 1.54) is 7.11 Å². The van der Waals surface area contributed by atoms with E-state index in [0.717, 1.165) is 57.1 Å². The number of aryl methyl sites for hydroxylation is 1. The van der Waals surface area contributed by atoms with Gasteiger partial charge in [-0.05, 0) is 57.7 Å². The Labute approximate surface area is 306 Å². The molecule has 0 unspecified atom stereocenters. The van der Waals surface area contributed by atoms with Crippen molar-refractivity contribution in [2.45, 2.75) is 82.3 Å². The molecule has 52 heavy (non-hydrogen) atoms.